The predicted molar refractivity (Wildman–Crippen MR) is 151 cm³/mol. The summed E-state index contributed by atoms with van der Waals surface area (Å²) in [7, 11) is 0. The molecule has 4 heterocycles. The first-order valence-corrected chi connectivity index (χ1v) is 14.2. The zero-order chi connectivity index (χ0) is 27.4. The Hall–Kier alpha value is -4.01. The third kappa shape index (κ3) is 4.47. The molecular formula is C31H32FN5O3. The molecule has 3 fully saturated rings. The van der Waals surface area contributed by atoms with Crippen LogP contribution in [0.15, 0.2) is 42.6 Å². The van der Waals surface area contributed by atoms with Crippen LogP contribution in [0.1, 0.15) is 39.0 Å². The summed E-state index contributed by atoms with van der Waals surface area (Å²) in [5, 5.41) is 12.6. The van der Waals surface area contributed by atoms with Crippen molar-refractivity contribution < 1.29 is 19.0 Å². The van der Waals surface area contributed by atoms with Crippen molar-refractivity contribution in [3.05, 3.63) is 48.4 Å². The lowest BCUT2D eigenvalue weighted by Crippen LogP contribution is -2.41. The highest BCUT2D eigenvalue weighted by atomic mass is 19.1. The van der Waals surface area contributed by atoms with E-state index in [1.54, 1.807) is 25.3 Å². The lowest BCUT2D eigenvalue weighted by atomic mass is 9.98. The van der Waals surface area contributed by atoms with E-state index in [1.807, 2.05) is 29.2 Å². The number of pyridine rings is 1. The minimum atomic E-state index is -0.562. The molecule has 2 unspecified atom stereocenters. The van der Waals surface area contributed by atoms with Crippen LogP contribution in [0.5, 0.6) is 11.8 Å². The number of aromatic hydroxyl groups is 1. The number of likely N-dealkylation sites (tertiary alicyclic amines) is 1. The maximum Gasteiger partial charge on any atom is 0.319 e. The van der Waals surface area contributed by atoms with Crippen LogP contribution in [0, 0.1) is 17.7 Å². The quantitative estimate of drug-likeness (QED) is 0.374. The first kappa shape index (κ1) is 25.0. The van der Waals surface area contributed by atoms with Gasteiger partial charge >= 0.3 is 6.01 Å². The number of hydrogen-bond donors (Lipinski definition) is 1. The highest BCUT2D eigenvalue weighted by Crippen LogP contribution is 2.41. The van der Waals surface area contributed by atoms with Gasteiger partial charge in [0.05, 0.1) is 5.39 Å². The molecule has 8 nitrogen and oxygen atoms in total. The van der Waals surface area contributed by atoms with E-state index >= 15 is 4.39 Å². The molecule has 0 spiro atoms. The number of phenolic OH excluding ortho intramolecular Hbond substituents is 1. The summed E-state index contributed by atoms with van der Waals surface area (Å²) in [4.78, 5) is 29.9. The molecule has 40 heavy (non-hydrogen) atoms. The number of carbonyl (C=O) groups is 1. The van der Waals surface area contributed by atoms with Gasteiger partial charge in [-0.2, -0.15) is 9.97 Å². The van der Waals surface area contributed by atoms with Crippen molar-refractivity contribution >= 4 is 33.4 Å². The fourth-order valence-electron chi connectivity index (χ4n) is 6.81. The number of phenols is 1. The maximum atomic E-state index is 16.5. The second kappa shape index (κ2) is 9.87. The van der Waals surface area contributed by atoms with E-state index in [0.29, 0.717) is 54.5 Å². The summed E-state index contributed by atoms with van der Waals surface area (Å²) in [5.41, 5.74) is 0.797. The second-order valence-electron chi connectivity index (χ2n) is 11.5. The molecule has 7 rings (SSSR count). The van der Waals surface area contributed by atoms with Crippen LogP contribution in [0.4, 0.5) is 10.2 Å². The monoisotopic (exact) mass is 541 g/mol. The van der Waals surface area contributed by atoms with Gasteiger partial charge < -0.3 is 19.6 Å². The molecule has 2 bridgehead atoms. The number of aromatic nitrogens is 3. The molecule has 2 atom stereocenters. The summed E-state index contributed by atoms with van der Waals surface area (Å²) >= 11 is 0. The lowest BCUT2D eigenvalue weighted by molar-refractivity contribution is -0.130. The Balaban J connectivity index is 1.33. The van der Waals surface area contributed by atoms with Crippen molar-refractivity contribution in [3.8, 4) is 23.0 Å². The van der Waals surface area contributed by atoms with E-state index in [2.05, 4.69) is 14.9 Å². The smallest absolute Gasteiger partial charge is 0.319 e. The Kier molecular flexibility index (Phi) is 6.17. The molecular weight excluding hydrogens is 509 g/mol. The van der Waals surface area contributed by atoms with Gasteiger partial charge in [-0.05, 0) is 54.0 Å². The van der Waals surface area contributed by atoms with E-state index in [9.17, 15) is 9.90 Å². The number of rotatable bonds is 4. The Morgan fingerprint density at radius 3 is 2.52 bits per heavy atom. The molecule has 2 aromatic carbocycles. The van der Waals surface area contributed by atoms with Crippen molar-refractivity contribution in [2.45, 2.75) is 45.1 Å². The molecule has 0 radical (unpaired) electrons. The molecule has 3 aliphatic rings. The number of benzene rings is 2. The van der Waals surface area contributed by atoms with E-state index in [0.717, 1.165) is 23.9 Å². The summed E-state index contributed by atoms with van der Waals surface area (Å²) in [6.45, 7) is 4.56. The standard InChI is InChI=1S/C31H32FN5O3/c1-18(38)36-10-8-23(9-11-36)40-31-34-29-26(30(35-31)37-16-19-6-7-20(12-19)17-37)15-33-28(27(29)32)25-14-22(39)13-21-4-2-3-5-24(21)25/h2-5,13-15,19-20,23,39H,6-12,16-17H2,1H3. The van der Waals surface area contributed by atoms with Gasteiger partial charge in [0.15, 0.2) is 5.82 Å². The summed E-state index contributed by atoms with van der Waals surface area (Å²) in [5.74, 6) is 1.43. The van der Waals surface area contributed by atoms with Gasteiger partial charge in [0.2, 0.25) is 5.91 Å². The van der Waals surface area contributed by atoms with Crippen molar-refractivity contribution in [1.82, 2.24) is 19.9 Å². The number of hydrogen-bond acceptors (Lipinski definition) is 7. The second-order valence-corrected chi connectivity index (χ2v) is 11.5. The summed E-state index contributed by atoms with van der Waals surface area (Å²) < 4.78 is 22.7. The molecule has 1 amide bonds. The molecule has 2 aliphatic heterocycles. The number of nitrogens with zero attached hydrogens (tertiary/aromatic N) is 5. The Morgan fingerprint density at radius 2 is 1.77 bits per heavy atom. The van der Waals surface area contributed by atoms with Crippen molar-refractivity contribution in [2.75, 3.05) is 31.1 Å². The lowest BCUT2D eigenvalue weighted by Gasteiger charge is -2.34. The van der Waals surface area contributed by atoms with E-state index in [4.69, 9.17) is 9.72 Å². The average Bonchev–Trinajstić information content (AvgIpc) is 3.30. The van der Waals surface area contributed by atoms with Crippen molar-refractivity contribution in [3.63, 3.8) is 0 Å². The third-order valence-corrected chi connectivity index (χ3v) is 8.81. The van der Waals surface area contributed by atoms with E-state index in [-0.39, 0.29) is 35.0 Å². The van der Waals surface area contributed by atoms with Crippen LogP contribution < -0.4 is 9.64 Å². The van der Waals surface area contributed by atoms with E-state index < -0.39 is 5.82 Å². The molecule has 2 aromatic heterocycles. The molecule has 2 saturated heterocycles. The SMILES string of the molecule is CC(=O)N1CCC(Oc2nc(N3CC4CCC(C4)C3)c3cnc(-c4cc(O)cc5ccccc45)c(F)c3n2)CC1. The largest absolute Gasteiger partial charge is 0.508 e. The number of halogens is 1. The van der Waals surface area contributed by atoms with Gasteiger partial charge in [-0.15, -0.1) is 0 Å². The van der Waals surface area contributed by atoms with Crippen LogP contribution in [0.25, 0.3) is 32.9 Å². The number of fused-ring (bicyclic) bond motifs is 4. The highest BCUT2D eigenvalue weighted by molar-refractivity contribution is 5.99. The first-order valence-electron chi connectivity index (χ1n) is 14.2. The van der Waals surface area contributed by atoms with Crippen molar-refractivity contribution in [2.24, 2.45) is 11.8 Å². The third-order valence-electron chi connectivity index (χ3n) is 8.81. The molecule has 9 heteroatoms. The van der Waals surface area contributed by atoms with Crippen LogP contribution in [0.2, 0.25) is 0 Å². The van der Waals surface area contributed by atoms with Gasteiger partial charge in [-0.1, -0.05) is 24.3 Å². The maximum absolute atomic E-state index is 16.5. The van der Waals surface area contributed by atoms with Crippen LogP contribution in [-0.2, 0) is 4.79 Å². The fraction of sp³-hybridized carbons (Fsp3) is 0.419. The van der Waals surface area contributed by atoms with Crippen LogP contribution >= 0.6 is 0 Å². The van der Waals surface area contributed by atoms with Gasteiger partial charge in [-0.3, -0.25) is 9.78 Å². The van der Waals surface area contributed by atoms with Gasteiger partial charge in [-0.25, -0.2) is 4.39 Å². The number of ether oxygens (including phenoxy) is 1. The first-order chi connectivity index (χ1) is 19.4. The zero-order valence-electron chi connectivity index (χ0n) is 22.5. The fourth-order valence-corrected chi connectivity index (χ4v) is 6.81. The minimum absolute atomic E-state index is 0.0445. The van der Waals surface area contributed by atoms with Crippen LogP contribution in [-0.4, -0.2) is 63.1 Å². The average molecular weight is 542 g/mol. The molecule has 4 aromatic rings. The summed E-state index contributed by atoms with van der Waals surface area (Å²) in [6, 6.07) is 10.9. The predicted octanol–water partition coefficient (Wildman–Crippen LogP) is 5.32. The Morgan fingerprint density at radius 1 is 1.02 bits per heavy atom. The number of piperidine rings is 2. The number of anilines is 1. The highest BCUT2D eigenvalue weighted by Gasteiger charge is 2.35. The normalized spacial score (nSPS) is 21.4. The van der Waals surface area contributed by atoms with Crippen molar-refractivity contribution in [1.29, 1.82) is 0 Å². The van der Waals surface area contributed by atoms with Gasteiger partial charge in [0.1, 0.15) is 28.9 Å². The molecule has 1 aliphatic carbocycles. The Bertz CT molecular complexity index is 1610. The molecule has 1 saturated carbocycles. The molecule has 1 N–H and O–H groups in total. The van der Waals surface area contributed by atoms with Crippen LogP contribution in [0.3, 0.4) is 0 Å². The molecule has 206 valence electrons. The summed E-state index contributed by atoms with van der Waals surface area (Å²) in [6.07, 6.45) is 6.50. The number of amides is 1. The Labute approximate surface area is 231 Å². The zero-order valence-corrected chi connectivity index (χ0v) is 22.5. The number of carbonyl (C=O) groups excluding carboxylic acids is 1. The topological polar surface area (TPSA) is 91.7 Å². The minimum Gasteiger partial charge on any atom is -0.508 e. The van der Waals surface area contributed by atoms with E-state index in [1.165, 1.54) is 19.3 Å². The van der Waals surface area contributed by atoms with Gasteiger partial charge in [0, 0.05) is 57.7 Å². The van der Waals surface area contributed by atoms with Gasteiger partial charge in [0.25, 0.3) is 0 Å².